The zero-order valence-electron chi connectivity index (χ0n) is 8.79. The van der Waals surface area contributed by atoms with Crippen LogP contribution < -0.4 is 5.32 Å². The molecule has 3 unspecified atom stereocenters. The van der Waals surface area contributed by atoms with Gasteiger partial charge in [-0.05, 0) is 33.6 Å². The first kappa shape index (κ1) is 11.0. The molecule has 1 rings (SSSR count). The van der Waals surface area contributed by atoms with Crippen LogP contribution in [0.5, 0.6) is 0 Å². The third-order valence-corrected chi connectivity index (χ3v) is 2.40. The number of hydrogen-bond donors (Lipinski definition) is 2. The smallest absolute Gasteiger partial charge is 0.0636 e. The Labute approximate surface area is 80.5 Å². The van der Waals surface area contributed by atoms with Crippen LogP contribution in [0.25, 0.3) is 0 Å². The van der Waals surface area contributed by atoms with Crippen LogP contribution in [-0.4, -0.2) is 36.0 Å². The van der Waals surface area contributed by atoms with E-state index in [1.54, 1.807) is 6.92 Å². The molecule has 0 radical (unpaired) electrons. The fourth-order valence-corrected chi connectivity index (χ4v) is 1.91. The van der Waals surface area contributed by atoms with Gasteiger partial charge in [-0.1, -0.05) is 0 Å². The van der Waals surface area contributed by atoms with Gasteiger partial charge in [-0.2, -0.15) is 0 Å². The molecular weight excluding hydrogens is 166 g/mol. The molecule has 3 nitrogen and oxygen atoms in total. The van der Waals surface area contributed by atoms with E-state index in [-0.39, 0.29) is 6.10 Å². The van der Waals surface area contributed by atoms with Crippen molar-refractivity contribution < 1.29 is 9.84 Å². The standard InChI is InChI=1S/C10H21NO2/c1-7(12)6-11-10-4-8(2)13-9(3)5-10/h7-12H,4-6H2,1-3H3. The molecule has 2 N–H and O–H groups in total. The van der Waals surface area contributed by atoms with E-state index in [4.69, 9.17) is 9.84 Å². The maximum atomic E-state index is 9.12. The van der Waals surface area contributed by atoms with Gasteiger partial charge in [-0.25, -0.2) is 0 Å². The first-order valence-corrected chi connectivity index (χ1v) is 5.15. The van der Waals surface area contributed by atoms with Gasteiger partial charge in [0.25, 0.3) is 0 Å². The van der Waals surface area contributed by atoms with Gasteiger partial charge in [0.1, 0.15) is 0 Å². The highest BCUT2D eigenvalue weighted by Gasteiger charge is 2.23. The van der Waals surface area contributed by atoms with Gasteiger partial charge in [0.2, 0.25) is 0 Å². The van der Waals surface area contributed by atoms with Gasteiger partial charge in [-0.15, -0.1) is 0 Å². The van der Waals surface area contributed by atoms with E-state index in [1.165, 1.54) is 0 Å². The first-order chi connectivity index (χ1) is 6.08. The second-order valence-corrected chi connectivity index (χ2v) is 4.18. The Bertz CT molecular complexity index is 140. The Kier molecular flexibility index (Phi) is 4.16. The van der Waals surface area contributed by atoms with Crippen molar-refractivity contribution in [1.29, 1.82) is 0 Å². The molecule has 0 spiro atoms. The Balaban J connectivity index is 2.25. The molecule has 3 atom stereocenters. The monoisotopic (exact) mass is 187 g/mol. The predicted octanol–water partition coefficient (Wildman–Crippen LogP) is 0.913. The molecule has 3 heteroatoms. The molecule has 1 heterocycles. The van der Waals surface area contributed by atoms with Crippen LogP contribution in [-0.2, 0) is 4.74 Å². The van der Waals surface area contributed by atoms with E-state index >= 15 is 0 Å². The average molecular weight is 187 g/mol. The minimum Gasteiger partial charge on any atom is -0.392 e. The molecule has 0 amide bonds. The number of nitrogens with one attached hydrogen (secondary N) is 1. The van der Waals surface area contributed by atoms with Crippen molar-refractivity contribution in [2.75, 3.05) is 6.54 Å². The van der Waals surface area contributed by atoms with E-state index in [0.29, 0.717) is 24.8 Å². The maximum absolute atomic E-state index is 9.12. The fourth-order valence-electron chi connectivity index (χ4n) is 1.91. The Morgan fingerprint density at radius 3 is 2.38 bits per heavy atom. The van der Waals surface area contributed by atoms with E-state index in [1.807, 2.05) is 0 Å². The van der Waals surface area contributed by atoms with E-state index in [0.717, 1.165) is 12.8 Å². The Hall–Kier alpha value is -0.120. The van der Waals surface area contributed by atoms with Gasteiger partial charge in [-0.3, -0.25) is 0 Å². The molecule has 0 aromatic rings. The Morgan fingerprint density at radius 1 is 1.38 bits per heavy atom. The van der Waals surface area contributed by atoms with Gasteiger partial charge in [0, 0.05) is 12.6 Å². The van der Waals surface area contributed by atoms with Crippen LogP contribution in [0.2, 0.25) is 0 Å². The Morgan fingerprint density at radius 2 is 1.92 bits per heavy atom. The van der Waals surface area contributed by atoms with Crippen LogP contribution in [0.1, 0.15) is 33.6 Å². The summed E-state index contributed by atoms with van der Waals surface area (Å²) in [4.78, 5) is 0. The minimum absolute atomic E-state index is 0.256. The molecular formula is C10H21NO2. The molecule has 13 heavy (non-hydrogen) atoms. The lowest BCUT2D eigenvalue weighted by Gasteiger charge is -2.32. The van der Waals surface area contributed by atoms with Gasteiger partial charge in [0.05, 0.1) is 18.3 Å². The lowest BCUT2D eigenvalue weighted by atomic mass is 10.00. The number of aliphatic hydroxyl groups excluding tert-OH is 1. The summed E-state index contributed by atoms with van der Waals surface area (Å²) in [5.41, 5.74) is 0. The molecule has 1 saturated heterocycles. The molecule has 1 aliphatic rings. The highest BCUT2D eigenvalue weighted by molar-refractivity contribution is 4.78. The number of ether oxygens (including phenoxy) is 1. The summed E-state index contributed by atoms with van der Waals surface area (Å²) in [6.45, 7) is 6.70. The zero-order chi connectivity index (χ0) is 9.84. The fraction of sp³-hybridized carbons (Fsp3) is 1.00. The van der Waals surface area contributed by atoms with Crippen LogP contribution in [0.4, 0.5) is 0 Å². The highest BCUT2D eigenvalue weighted by atomic mass is 16.5. The van der Waals surface area contributed by atoms with Crippen molar-refractivity contribution in [3.05, 3.63) is 0 Å². The molecule has 0 aliphatic carbocycles. The van der Waals surface area contributed by atoms with Crippen molar-refractivity contribution in [1.82, 2.24) is 5.32 Å². The summed E-state index contributed by atoms with van der Waals surface area (Å²) >= 11 is 0. The normalized spacial score (nSPS) is 37.4. The lowest BCUT2D eigenvalue weighted by Crippen LogP contribution is -2.43. The zero-order valence-corrected chi connectivity index (χ0v) is 8.79. The third-order valence-electron chi connectivity index (χ3n) is 2.40. The summed E-state index contributed by atoms with van der Waals surface area (Å²) in [5, 5.41) is 12.5. The summed E-state index contributed by atoms with van der Waals surface area (Å²) < 4.78 is 5.62. The van der Waals surface area contributed by atoms with Crippen molar-refractivity contribution in [2.45, 2.75) is 58.0 Å². The summed E-state index contributed by atoms with van der Waals surface area (Å²) in [5.74, 6) is 0. The summed E-state index contributed by atoms with van der Waals surface area (Å²) in [6, 6.07) is 0.508. The molecule has 0 saturated carbocycles. The topological polar surface area (TPSA) is 41.5 Å². The van der Waals surface area contributed by atoms with Crippen molar-refractivity contribution in [3.63, 3.8) is 0 Å². The summed E-state index contributed by atoms with van der Waals surface area (Å²) in [6.07, 6.45) is 2.53. The SMILES string of the molecule is CC(O)CNC1CC(C)OC(C)C1. The van der Waals surface area contributed by atoms with Crippen molar-refractivity contribution in [2.24, 2.45) is 0 Å². The average Bonchev–Trinajstić information content (AvgIpc) is 1.99. The predicted molar refractivity (Wildman–Crippen MR) is 52.7 cm³/mol. The van der Waals surface area contributed by atoms with Crippen LogP contribution in [0.3, 0.4) is 0 Å². The van der Waals surface area contributed by atoms with Crippen LogP contribution >= 0.6 is 0 Å². The molecule has 0 bridgehead atoms. The number of rotatable bonds is 3. The van der Waals surface area contributed by atoms with E-state index < -0.39 is 0 Å². The van der Waals surface area contributed by atoms with E-state index in [2.05, 4.69) is 19.2 Å². The molecule has 1 fully saturated rings. The van der Waals surface area contributed by atoms with Gasteiger partial charge in [0.15, 0.2) is 0 Å². The number of hydrogen-bond acceptors (Lipinski definition) is 3. The quantitative estimate of drug-likeness (QED) is 0.690. The molecule has 0 aromatic heterocycles. The van der Waals surface area contributed by atoms with Crippen molar-refractivity contribution in [3.8, 4) is 0 Å². The first-order valence-electron chi connectivity index (χ1n) is 5.15. The lowest BCUT2D eigenvalue weighted by molar-refractivity contribution is -0.0431. The second-order valence-electron chi connectivity index (χ2n) is 4.18. The van der Waals surface area contributed by atoms with E-state index in [9.17, 15) is 0 Å². The summed E-state index contributed by atoms with van der Waals surface area (Å²) in [7, 11) is 0. The largest absolute Gasteiger partial charge is 0.392 e. The molecule has 1 aliphatic heterocycles. The van der Waals surface area contributed by atoms with Crippen LogP contribution in [0.15, 0.2) is 0 Å². The second kappa shape index (κ2) is 4.94. The highest BCUT2D eigenvalue weighted by Crippen LogP contribution is 2.18. The number of aliphatic hydroxyl groups is 1. The third kappa shape index (κ3) is 4.07. The maximum Gasteiger partial charge on any atom is 0.0636 e. The van der Waals surface area contributed by atoms with Gasteiger partial charge >= 0.3 is 0 Å². The van der Waals surface area contributed by atoms with Gasteiger partial charge < -0.3 is 15.2 Å². The van der Waals surface area contributed by atoms with Crippen LogP contribution in [0, 0.1) is 0 Å². The molecule has 78 valence electrons. The minimum atomic E-state index is -0.256. The molecule has 0 aromatic carbocycles. The van der Waals surface area contributed by atoms with Crippen molar-refractivity contribution >= 4 is 0 Å².